The molecule has 0 aromatic heterocycles. The Hall–Kier alpha value is 0.790. The minimum atomic E-state index is 0. The number of hydrogen-bond donors (Lipinski definition) is 2. The monoisotopic (exact) mass is 206 g/mol. The summed E-state index contributed by atoms with van der Waals surface area (Å²) in [6, 6.07) is 0. The van der Waals surface area contributed by atoms with Crippen molar-refractivity contribution in [3.8, 4) is 0 Å². The Kier molecular flexibility index (Phi) is 15.2. The van der Waals surface area contributed by atoms with Gasteiger partial charge in [0.15, 0.2) is 0 Å². The molecule has 7 heavy (non-hydrogen) atoms. The van der Waals surface area contributed by atoms with Crippen molar-refractivity contribution in [1.82, 2.24) is 0 Å². The molecule has 0 aliphatic rings. The van der Waals surface area contributed by atoms with Crippen LogP contribution in [0.3, 0.4) is 0 Å². The zero-order chi connectivity index (χ0) is 4.83. The Morgan fingerprint density at radius 1 is 0.857 bits per heavy atom. The Labute approximate surface area is 63.4 Å². The third-order valence-electron chi connectivity index (χ3n) is 0.658. The number of rotatable bonds is 3. The van der Waals surface area contributed by atoms with E-state index in [2.05, 4.69) is 0 Å². The van der Waals surface area contributed by atoms with E-state index in [0.717, 1.165) is 25.9 Å². The predicted octanol–water partition coefficient (Wildman–Crippen LogP) is -1.50. The summed E-state index contributed by atoms with van der Waals surface area (Å²) in [5.41, 5.74) is 10.3. The van der Waals surface area contributed by atoms with Gasteiger partial charge in [-0.05, 0) is 25.9 Å². The van der Waals surface area contributed by atoms with E-state index in [9.17, 15) is 0 Å². The molecule has 0 saturated heterocycles. The fraction of sp³-hybridized carbons (Fsp3) is 1.00. The molecule has 3 heteroatoms. The summed E-state index contributed by atoms with van der Waals surface area (Å²) >= 11 is 0. The van der Waals surface area contributed by atoms with E-state index in [0.29, 0.717) is 0 Å². The van der Waals surface area contributed by atoms with Crippen LogP contribution in [0, 0.1) is 0 Å². The van der Waals surface area contributed by atoms with Crippen LogP contribution < -0.4 is 11.5 Å². The van der Waals surface area contributed by atoms with Crippen LogP contribution in [-0.4, -0.2) is 38.9 Å². The second kappa shape index (κ2) is 9.92. The molecule has 0 saturated carbocycles. The molecule has 0 radical (unpaired) electrons. The number of hydrogen-bond acceptors (Lipinski definition) is 2. The molecule has 0 spiro atoms. The fourth-order valence-electron chi connectivity index (χ4n) is 0.289. The van der Waals surface area contributed by atoms with E-state index in [1.165, 1.54) is 0 Å². The summed E-state index contributed by atoms with van der Waals surface area (Å²) in [6.45, 7) is 1.55. The Morgan fingerprint density at radius 2 is 1.14 bits per heavy atom. The van der Waals surface area contributed by atoms with Crippen molar-refractivity contribution >= 4 is 25.8 Å². The molecular weight excluding hydrogens is 191 g/mol. The summed E-state index contributed by atoms with van der Waals surface area (Å²) in [7, 11) is 0. The quantitative estimate of drug-likeness (QED) is 0.552. The molecule has 0 rings (SSSR count). The molecule has 2 nitrogen and oxygen atoms in total. The molecule has 0 aliphatic heterocycles. The van der Waals surface area contributed by atoms with Crippen molar-refractivity contribution in [2.24, 2.45) is 11.5 Å². The van der Waals surface area contributed by atoms with Gasteiger partial charge in [-0.25, -0.2) is 0 Å². The van der Waals surface area contributed by atoms with Crippen LogP contribution in [-0.2, 0) is 0 Å². The fourth-order valence-corrected chi connectivity index (χ4v) is 0.289. The van der Waals surface area contributed by atoms with Gasteiger partial charge in [0, 0.05) is 0 Å². The van der Waals surface area contributed by atoms with Crippen LogP contribution in [0.15, 0.2) is 0 Å². The van der Waals surface area contributed by atoms with E-state index in [-0.39, 0.29) is 25.8 Å². The van der Waals surface area contributed by atoms with Crippen LogP contribution in [0.25, 0.3) is 0 Å². The SMILES string of the molecule is NCCCCN.[InH3]. The molecule has 0 aromatic carbocycles. The van der Waals surface area contributed by atoms with E-state index >= 15 is 0 Å². The standard InChI is InChI=1S/C4H12N2.In.3H/c5-3-1-2-4-6;;;;/h1-6H2;;;;. The summed E-state index contributed by atoms with van der Waals surface area (Å²) in [5.74, 6) is 0. The molecule has 0 aromatic rings. The third kappa shape index (κ3) is 10.8. The van der Waals surface area contributed by atoms with Crippen LogP contribution in [0.1, 0.15) is 12.8 Å². The maximum absolute atomic E-state index is 5.16. The van der Waals surface area contributed by atoms with Crippen LogP contribution >= 0.6 is 0 Å². The molecule has 0 amide bonds. The molecule has 0 unspecified atom stereocenters. The Balaban J connectivity index is 0. The van der Waals surface area contributed by atoms with E-state index in [1.807, 2.05) is 0 Å². The molecule has 0 bridgehead atoms. The van der Waals surface area contributed by atoms with E-state index in [1.54, 1.807) is 0 Å². The zero-order valence-electron chi connectivity index (χ0n) is 3.98. The Morgan fingerprint density at radius 3 is 1.29 bits per heavy atom. The van der Waals surface area contributed by atoms with Gasteiger partial charge < -0.3 is 11.5 Å². The first kappa shape index (κ1) is 10.7. The zero-order valence-corrected chi connectivity index (χ0v) is 3.98. The van der Waals surface area contributed by atoms with Crippen LogP contribution in [0.2, 0.25) is 0 Å². The van der Waals surface area contributed by atoms with Crippen molar-refractivity contribution in [1.29, 1.82) is 0 Å². The molecular formula is C4H15InN2. The molecule has 0 heterocycles. The second-order valence-corrected chi connectivity index (χ2v) is 1.28. The summed E-state index contributed by atoms with van der Waals surface area (Å²) in [6.07, 6.45) is 2.13. The van der Waals surface area contributed by atoms with Gasteiger partial charge in [-0.3, -0.25) is 0 Å². The number of unbranched alkanes of at least 4 members (excludes halogenated alkanes) is 1. The van der Waals surface area contributed by atoms with Crippen molar-refractivity contribution in [2.45, 2.75) is 12.8 Å². The van der Waals surface area contributed by atoms with E-state index < -0.39 is 0 Å². The molecule has 0 atom stereocenters. The average molecular weight is 206 g/mol. The molecule has 0 aliphatic carbocycles. The number of nitrogens with two attached hydrogens (primary N) is 2. The van der Waals surface area contributed by atoms with Crippen molar-refractivity contribution < 1.29 is 0 Å². The summed E-state index contributed by atoms with van der Waals surface area (Å²) in [5, 5.41) is 0. The summed E-state index contributed by atoms with van der Waals surface area (Å²) in [4.78, 5) is 0. The van der Waals surface area contributed by atoms with Crippen molar-refractivity contribution in [2.75, 3.05) is 13.1 Å². The van der Waals surface area contributed by atoms with Crippen LogP contribution in [0.4, 0.5) is 0 Å². The van der Waals surface area contributed by atoms with Crippen molar-refractivity contribution in [3.05, 3.63) is 0 Å². The van der Waals surface area contributed by atoms with E-state index in [4.69, 9.17) is 11.5 Å². The van der Waals surface area contributed by atoms with Gasteiger partial charge in [-0.2, -0.15) is 0 Å². The van der Waals surface area contributed by atoms with Crippen molar-refractivity contribution in [3.63, 3.8) is 0 Å². The molecule has 44 valence electrons. The van der Waals surface area contributed by atoms with Gasteiger partial charge in [0.1, 0.15) is 0 Å². The normalized spacial score (nSPS) is 7.71. The van der Waals surface area contributed by atoms with Crippen LogP contribution in [0.5, 0.6) is 0 Å². The molecule has 0 fully saturated rings. The first-order valence-corrected chi connectivity index (χ1v) is 2.32. The topological polar surface area (TPSA) is 52.0 Å². The maximum atomic E-state index is 5.16. The second-order valence-electron chi connectivity index (χ2n) is 1.28. The minimum absolute atomic E-state index is 0. The first-order valence-electron chi connectivity index (χ1n) is 2.32. The average Bonchev–Trinajstić information content (AvgIpc) is 1.61. The predicted molar refractivity (Wildman–Crippen MR) is 37.3 cm³/mol. The first-order chi connectivity index (χ1) is 2.91. The summed E-state index contributed by atoms with van der Waals surface area (Å²) < 4.78 is 0. The van der Waals surface area contributed by atoms with Gasteiger partial charge in [0.25, 0.3) is 0 Å². The third-order valence-corrected chi connectivity index (χ3v) is 0.658. The molecule has 4 N–H and O–H groups in total. The van der Waals surface area contributed by atoms with Gasteiger partial charge in [0.05, 0.1) is 0 Å². The van der Waals surface area contributed by atoms with Gasteiger partial charge in [0.2, 0.25) is 0 Å². The van der Waals surface area contributed by atoms with Gasteiger partial charge in [-0.1, -0.05) is 0 Å². The van der Waals surface area contributed by atoms with Gasteiger partial charge in [-0.15, -0.1) is 0 Å². The Bertz CT molecular complexity index is 21.7. The van der Waals surface area contributed by atoms with Gasteiger partial charge >= 0.3 is 25.8 Å².